The highest BCUT2D eigenvalue weighted by atomic mass is 35.5. The van der Waals surface area contributed by atoms with Crippen molar-refractivity contribution < 1.29 is 9.53 Å². The minimum absolute atomic E-state index is 0.0664. The topological polar surface area (TPSA) is 54.5 Å². The smallest absolute Gasteiger partial charge is 0.251 e. The molecule has 1 aromatic heterocycles. The second-order valence-corrected chi connectivity index (χ2v) is 8.92. The number of ether oxygens (including phenoxy) is 1. The number of hydrogen-bond donors (Lipinski definition) is 1. The second-order valence-electron chi connectivity index (χ2n) is 8.08. The van der Waals surface area contributed by atoms with Crippen molar-refractivity contribution in [1.82, 2.24) is 15.2 Å². The number of carbonyl (C=O) groups excluding carboxylic acids is 1. The zero-order valence-electron chi connectivity index (χ0n) is 18.4. The van der Waals surface area contributed by atoms with Crippen LogP contribution in [0.1, 0.15) is 28.8 Å². The average Bonchev–Trinajstić information content (AvgIpc) is 3.34. The minimum Gasteiger partial charge on any atom is -0.477 e. The second kappa shape index (κ2) is 11.5. The lowest BCUT2D eigenvalue weighted by molar-refractivity contribution is 0.0950. The number of pyridine rings is 1. The van der Waals surface area contributed by atoms with Crippen molar-refractivity contribution in [1.29, 1.82) is 0 Å². The maximum Gasteiger partial charge on any atom is 0.251 e. The molecule has 1 saturated heterocycles. The molecule has 33 heavy (non-hydrogen) atoms. The van der Waals surface area contributed by atoms with E-state index < -0.39 is 0 Å². The highest BCUT2D eigenvalue weighted by Crippen LogP contribution is 2.23. The first-order chi connectivity index (χ1) is 16.1. The van der Waals surface area contributed by atoms with Gasteiger partial charge in [0.15, 0.2) is 0 Å². The maximum atomic E-state index is 12.6. The van der Waals surface area contributed by atoms with Gasteiger partial charge in [0.1, 0.15) is 0 Å². The summed E-state index contributed by atoms with van der Waals surface area (Å²) in [5.41, 5.74) is 3.22. The van der Waals surface area contributed by atoms with Crippen molar-refractivity contribution in [3.05, 3.63) is 81.8 Å². The first kappa shape index (κ1) is 23.6. The van der Waals surface area contributed by atoms with Gasteiger partial charge in [-0.25, -0.2) is 4.98 Å². The molecule has 0 spiro atoms. The van der Waals surface area contributed by atoms with Crippen molar-refractivity contribution >= 4 is 29.1 Å². The molecule has 7 heteroatoms. The van der Waals surface area contributed by atoms with Crippen LogP contribution in [0.15, 0.2) is 60.7 Å². The van der Waals surface area contributed by atoms with E-state index in [1.54, 1.807) is 6.07 Å². The minimum atomic E-state index is -0.0664. The summed E-state index contributed by atoms with van der Waals surface area (Å²) < 4.78 is 5.85. The van der Waals surface area contributed by atoms with Crippen LogP contribution in [-0.2, 0) is 6.42 Å². The van der Waals surface area contributed by atoms with E-state index in [0.717, 1.165) is 36.5 Å². The Morgan fingerprint density at radius 2 is 1.85 bits per heavy atom. The van der Waals surface area contributed by atoms with E-state index in [-0.39, 0.29) is 5.91 Å². The Hall–Kier alpha value is -2.60. The zero-order valence-corrected chi connectivity index (χ0v) is 19.9. The van der Waals surface area contributed by atoms with E-state index in [0.29, 0.717) is 41.1 Å². The Labute approximate surface area is 204 Å². The third kappa shape index (κ3) is 6.70. The molecule has 1 amide bonds. The fourth-order valence-electron chi connectivity index (χ4n) is 3.90. The van der Waals surface area contributed by atoms with Crippen LogP contribution >= 0.6 is 23.2 Å². The number of nitrogens with one attached hydrogen (secondary N) is 1. The van der Waals surface area contributed by atoms with E-state index in [4.69, 9.17) is 27.9 Å². The molecule has 2 aromatic carbocycles. The number of hydrogen-bond acceptors (Lipinski definition) is 4. The summed E-state index contributed by atoms with van der Waals surface area (Å²) >= 11 is 12.2. The van der Waals surface area contributed by atoms with Crippen LogP contribution < -0.4 is 10.1 Å². The molecule has 0 bridgehead atoms. The Morgan fingerprint density at radius 3 is 2.67 bits per heavy atom. The van der Waals surface area contributed by atoms with Crippen LogP contribution in [0.2, 0.25) is 10.0 Å². The predicted molar refractivity (Wildman–Crippen MR) is 133 cm³/mol. The number of benzene rings is 2. The summed E-state index contributed by atoms with van der Waals surface area (Å²) in [7, 11) is 0. The first-order valence-electron chi connectivity index (χ1n) is 11.2. The third-order valence-corrected chi connectivity index (χ3v) is 6.28. The molecular formula is C26H27Cl2N3O2. The molecular weight excluding hydrogens is 457 g/mol. The van der Waals surface area contributed by atoms with Gasteiger partial charge < -0.3 is 15.0 Å². The van der Waals surface area contributed by atoms with Crippen molar-refractivity contribution in [3.63, 3.8) is 0 Å². The number of nitrogens with zero attached hydrogens (tertiary/aromatic N) is 2. The molecule has 0 atom stereocenters. The number of aromatic nitrogens is 1. The number of rotatable bonds is 9. The molecule has 1 N–H and O–H groups in total. The van der Waals surface area contributed by atoms with Gasteiger partial charge in [-0.2, -0.15) is 0 Å². The van der Waals surface area contributed by atoms with Crippen LogP contribution in [0.25, 0.3) is 11.3 Å². The van der Waals surface area contributed by atoms with Gasteiger partial charge >= 0.3 is 0 Å². The number of carbonyl (C=O) groups is 1. The van der Waals surface area contributed by atoms with E-state index in [1.165, 1.54) is 12.8 Å². The Kier molecular flexibility index (Phi) is 8.21. The van der Waals surface area contributed by atoms with Crippen molar-refractivity contribution in [2.75, 3.05) is 32.8 Å². The number of amides is 1. The summed E-state index contributed by atoms with van der Waals surface area (Å²) in [6, 6.07) is 18.6. The standard InChI is InChI=1S/C26H27Cl2N3O2/c27-22-10-9-19(23(28)18-22)11-16-33-25-8-4-7-24(30-25)20-5-3-6-21(17-20)26(32)29-12-15-31-13-1-2-14-31/h3-10,17-18H,1-2,11-16H2,(H,29,32). The molecule has 4 rings (SSSR count). The van der Waals surface area contributed by atoms with Gasteiger partial charge in [-0.3, -0.25) is 4.79 Å². The Morgan fingerprint density at radius 1 is 1.03 bits per heavy atom. The van der Waals surface area contributed by atoms with Gasteiger partial charge in [0.2, 0.25) is 5.88 Å². The van der Waals surface area contributed by atoms with E-state index in [1.807, 2.05) is 54.6 Å². The van der Waals surface area contributed by atoms with Crippen molar-refractivity contribution in [2.24, 2.45) is 0 Å². The molecule has 1 aliphatic heterocycles. The number of halogens is 2. The summed E-state index contributed by atoms with van der Waals surface area (Å²) in [5, 5.41) is 4.26. The predicted octanol–water partition coefficient (Wildman–Crippen LogP) is 5.50. The Balaban J connectivity index is 1.34. The van der Waals surface area contributed by atoms with Gasteiger partial charge in [0.25, 0.3) is 5.91 Å². The highest BCUT2D eigenvalue weighted by Gasteiger charge is 2.12. The van der Waals surface area contributed by atoms with E-state index >= 15 is 0 Å². The van der Waals surface area contributed by atoms with Crippen LogP contribution in [0.5, 0.6) is 5.88 Å². The van der Waals surface area contributed by atoms with Crippen LogP contribution in [0.3, 0.4) is 0 Å². The lowest BCUT2D eigenvalue weighted by Gasteiger charge is -2.14. The molecule has 172 valence electrons. The lowest BCUT2D eigenvalue weighted by Crippen LogP contribution is -2.33. The molecule has 1 fully saturated rings. The fourth-order valence-corrected chi connectivity index (χ4v) is 4.40. The largest absolute Gasteiger partial charge is 0.477 e. The van der Waals surface area contributed by atoms with Crippen LogP contribution in [0.4, 0.5) is 0 Å². The Bertz CT molecular complexity index is 1100. The molecule has 0 radical (unpaired) electrons. The van der Waals surface area contributed by atoms with Crippen LogP contribution in [-0.4, -0.2) is 48.6 Å². The first-order valence-corrected chi connectivity index (χ1v) is 12.0. The molecule has 2 heterocycles. The van der Waals surface area contributed by atoms with Gasteiger partial charge in [0.05, 0.1) is 12.3 Å². The highest BCUT2D eigenvalue weighted by molar-refractivity contribution is 6.35. The van der Waals surface area contributed by atoms with E-state index in [9.17, 15) is 4.79 Å². The molecule has 0 aliphatic carbocycles. The summed E-state index contributed by atoms with van der Waals surface area (Å²) in [4.78, 5) is 19.6. The SMILES string of the molecule is O=C(NCCN1CCCC1)c1cccc(-c2cccc(OCCc3ccc(Cl)cc3Cl)n2)c1. The monoisotopic (exact) mass is 483 g/mol. The van der Waals surface area contributed by atoms with Crippen molar-refractivity contribution in [2.45, 2.75) is 19.3 Å². The quantitative estimate of drug-likeness (QED) is 0.436. The van der Waals surface area contributed by atoms with E-state index in [2.05, 4.69) is 15.2 Å². The van der Waals surface area contributed by atoms with Gasteiger partial charge in [-0.15, -0.1) is 0 Å². The third-order valence-electron chi connectivity index (χ3n) is 5.69. The van der Waals surface area contributed by atoms with Crippen LogP contribution in [0, 0.1) is 0 Å². The van der Waals surface area contributed by atoms with Gasteiger partial charge in [0, 0.05) is 46.7 Å². The molecule has 1 aliphatic rings. The lowest BCUT2D eigenvalue weighted by atomic mass is 10.1. The summed E-state index contributed by atoms with van der Waals surface area (Å²) in [5.74, 6) is 0.460. The fraction of sp³-hybridized carbons (Fsp3) is 0.308. The summed E-state index contributed by atoms with van der Waals surface area (Å²) in [6.07, 6.45) is 3.15. The molecule has 0 unspecified atom stereocenters. The zero-order chi connectivity index (χ0) is 23.0. The van der Waals surface area contributed by atoms with Gasteiger partial charge in [-0.05, 0) is 61.8 Å². The normalized spacial score (nSPS) is 13.8. The summed E-state index contributed by atoms with van der Waals surface area (Å²) in [6.45, 7) is 4.25. The van der Waals surface area contributed by atoms with Crippen molar-refractivity contribution in [3.8, 4) is 17.1 Å². The average molecular weight is 484 g/mol. The van der Waals surface area contributed by atoms with Gasteiger partial charge in [-0.1, -0.05) is 47.5 Å². The maximum absolute atomic E-state index is 12.6. The number of likely N-dealkylation sites (tertiary alicyclic amines) is 1. The molecule has 3 aromatic rings. The molecule has 5 nitrogen and oxygen atoms in total. The molecule has 0 saturated carbocycles.